The molecule has 6 nitrogen and oxygen atoms in total. The summed E-state index contributed by atoms with van der Waals surface area (Å²) >= 11 is 0. The molecule has 0 aliphatic heterocycles. The van der Waals surface area contributed by atoms with Gasteiger partial charge in [0, 0.05) is 13.6 Å². The number of hydrogen-bond acceptors (Lipinski definition) is 5. The topological polar surface area (TPSA) is 63.4 Å². The summed E-state index contributed by atoms with van der Waals surface area (Å²) in [6.45, 7) is 3.30. The summed E-state index contributed by atoms with van der Waals surface area (Å²) in [7, 11) is 3.89. The van der Waals surface area contributed by atoms with Crippen LogP contribution in [0.25, 0.3) is 10.8 Å². The molecule has 0 fully saturated rings. The lowest BCUT2D eigenvalue weighted by Gasteiger charge is -2.20. The largest absolute Gasteiger partial charge is 0.491 e. The van der Waals surface area contributed by atoms with E-state index in [1.807, 2.05) is 60.8 Å². The minimum atomic E-state index is -0.578. The van der Waals surface area contributed by atoms with Crippen molar-refractivity contribution in [1.29, 1.82) is 0 Å². The van der Waals surface area contributed by atoms with Gasteiger partial charge in [-0.05, 0) is 36.9 Å². The van der Waals surface area contributed by atoms with Crippen LogP contribution in [0.2, 0.25) is 0 Å². The second-order valence-corrected chi connectivity index (χ2v) is 6.39. The SMILES string of the molecule is Cc1nnc(CN(C)CC(O)COc2ccc3ccccc3c2)n1C. The van der Waals surface area contributed by atoms with Gasteiger partial charge < -0.3 is 14.4 Å². The Morgan fingerprint density at radius 3 is 2.64 bits per heavy atom. The smallest absolute Gasteiger partial charge is 0.146 e. The molecule has 0 saturated carbocycles. The van der Waals surface area contributed by atoms with Crippen molar-refractivity contribution >= 4 is 10.8 Å². The van der Waals surface area contributed by atoms with E-state index in [0.29, 0.717) is 13.1 Å². The van der Waals surface area contributed by atoms with E-state index < -0.39 is 6.10 Å². The molecule has 3 aromatic rings. The Morgan fingerprint density at radius 1 is 1.16 bits per heavy atom. The number of aromatic nitrogens is 3. The highest BCUT2D eigenvalue weighted by molar-refractivity contribution is 5.83. The van der Waals surface area contributed by atoms with Gasteiger partial charge in [0.25, 0.3) is 0 Å². The van der Waals surface area contributed by atoms with Crippen molar-refractivity contribution < 1.29 is 9.84 Å². The number of aliphatic hydroxyl groups is 1. The second kappa shape index (κ2) is 7.63. The van der Waals surface area contributed by atoms with Gasteiger partial charge in [0.2, 0.25) is 0 Å². The number of nitrogens with zero attached hydrogens (tertiary/aromatic N) is 4. The molecule has 1 atom stereocenters. The lowest BCUT2D eigenvalue weighted by Crippen LogP contribution is -2.33. The van der Waals surface area contributed by atoms with Crippen molar-refractivity contribution in [1.82, 2.24) is 19.7 Å². The Hall–Kier alpha value is -2.44. The van der Waals surface area contributed by atoms with Crippen molar-refractivity contribution in [3.63, 3.8) is 0 Å². The quantitative estimate of drug-likeness (QED) is 0.714. The Labute approximate surface area is 147 Å². The lowest BCUT2D eigenvalue weighted by molar-refractivity contribution is 0.0735. The molecule has 0 bridgehead atoms. The van der Waals surface area contributed by atoms with Gasteiger partial charge in [-0.15, -0.1) is 10.2 Å². The van der Waals surface area contributed by atoms with Crippen LogP contribution in [0.15, 0.2) is 42.5 Å². The van der Waals surface area contributed by atoms with E-state index in [1.54, 1.807) is 0 Å². The van der Waals surface area contributed by atoms with Crippen LogP contribution < -0.4 is 4.74 Å². The molecule has 1 aromatic heterocycles. The van der Waals surface area contributed by atoms with Crippen LogP contribution >= 0.6 is 0 Å². The van der Waals surface area contributed by atoms with Crippen LogP contribution in [-0.4, -0.2) is 51.1 Å². The van der Waals surface area contributed by atoms with Crippen LogP contribution in [0, 0.1) is 6.92 Å². The van der Waals surface area contributed by atoms with Crippen molar-refractivity contribution in [3.05, 3.63) is 54.1 Å². The molecule has 1 heterocycles. The maximum Gasteiger partial charge on any atom is 0.146 e. The summed E-state index contributed by atoms with van der Waals surface area (Å²) in [5.74, 6) is 2.52. The molecule has 1 N–H and O–H groups in total. The summed E-state index contributed by atoms with van der Waals surface area (Å²) in [6.07, 6.45) is -0.578. The molecule has 3 rings (SSSR count). The van der Waals surface area contributed by atoms with Gasteiger partial charge in [-0.2, -0.15) is 0 Å². The predicted octanol–water partition coefficient (Wildman–Crippen LogP) is 2.15. The predicted molar refractivity (Wildman–Crippen MR) is 97.5 cm³/mol. The van der Waals surface area contributed by atoms with Gasteiger partial charge in [0.1, 0.15) is 30.1 Å². The Bertz CT molecular complexity index is 846. The van der Waals surface area contributed by atoms with Gasteiger partial charge in [-0.25, -0.2) is 0 Å². The Balaban J connectivity index is 1.51. The zero-order valence-electron chi connectivity index (χ0n) is 14.9. The standard InChI is InChI=1S/C19H24N4O2/c1-14-20-21-19(23(14)3)12-22(2)11-17(24)13-25-18-9-8-15-6-4-5-7-16(15)10-18/h4-10,17,24H,11-13H2,1-3H3. The highest BCUT2D eigenvalue weighted by Crippen LogP contribution is 2.20. The molecule has 0 spiro atoms. The van der Waals surface area contributed by atoms with Crippen LogP contribution in [0.3, 0.4) is 0 Å². The van der Waals surface area contributed by atoms with Gasteiger partial charge in [0.05, 0.1) is 6.54 Å². The molecule has 0 saturated heterocycles. The molecule has 2 aromatic carbocycles. The molecule has 132 valence electrons. The summed E-state index contributed by atoms with van der Waals surface area (Å²) < 4.78 is 7.70. The number of fused-ring (bicyclic) bond motifs is 1. The van der Waals surface area contributed by atoms with Crippen molar-refractivity contribution in [3.8, 4) is 5.75 Å². The number of aliphatic hydroxyl groups excluding tert-OH is 1. The molecule has 0 aliphatic carbocycles. The summed E-state index contributed by atoms with van der Waals surface area (Å²) in [5.41, 5.74) is 0. The van der Waals surface area contributed by atoms with Crippen molar-refractivity contribution in [2.75, 3.05) is 20.2 Å². The van der Waals surface area contributed by atoms with Gasteiger partial charge in [-0.1, -0.05) is 30.3 Å². The molecule has 25 heavy (non-hydrogen) atoms. The summed E-state index contributed by atoms with van der Waals surface area (Å²) in [4.78, 5) is 2.01. The Kier molecular flexibility index (Phi) is 5.31. The highest BCUT2D eigenvalue weighted by Gasteiger charge is 2.13. The average molecular weight is 340 g/mol. The third-order valence-corrected chi connectivity index (χ3v) is 4.28. The normalized spacial score (nSPS) is 12.7. The van der Waals surface area contributed by atoms with Gasteiger partial charge in [-0.3, -0.25) is 4.90 Å². The van der Waals surface area contributed by atoms with Crippen molar-refractivity contribution in [2.24, 2.45) is 7.05 Å². The van der Waals surface area contributed by atoms with E-state index in [0.717, 1.165) is 22.8 Å². The van der Waals surface area contributed by atoms with E-state index in [2.05, 4.69) is 22.3 Å². The number of benzene rings is 2. The van der Waals surface area contributed by atoms with E-state index in [4.69, 9.17) is 4.74 Å². The minimum absolute atomic E-state index is 0.251. The number of hydrogen-bond donors (Lipinski definition) is 1. The Morgan fingerprint density at radius 2 is 1.92 bits per heavy atom. The summed E-state index contributed by atoms with van der Waals surface area (Å²) in [5, 5.41) is 20.7. The zero-order valence-corrected chi connectivity index (χ0v) is 14.9. The van der Waals surface area contributed by atoms with Crippen molar-refractivity contribution in [2.45, 2.75) is 19.6 Å². The molecule has 0 radical (unpaired) electrons. The number of ether oxygens (including phenoxy) is 1. The average Bonchev–Trinajstić information content (AvgIpc) is 2.91. The van der Waals surface area contributed by atoms with Gasteiger partial charge in [0.15, 0.2) is 0 Å². The first kappa shape index (κ1) is 17.4. The lowest BCUT2D eigenvalue weighted by atomic mass is 10.1. The zero-order chi connectivity index (χ0) is 17.8. The first-order valence-electron chi connectivity index (χ1n) is 8.36. The van der Waals surface area contributed by atoms with Crippen LogP contribution in [0.5, 0.6) is 5.75 Å². The van der Waals surface area contributed by atoms with E-state index in [1.165, 1.54) is 5.39 Å². The monoisotopic (exact) mass is 340 g/mol. The number of likely N-dealkylation sites (N-methyl/N-ethyl adjacent to an activating group) is 1. The maximum atomic E-state index is 10.2. The summed E-state index contributed by atoms with van der Waals surface area (Å²) in [6, 6.07) is 14.1. The maximum absolute atomic E-state index is 10.2. The second-order valence-electron chi connectivity index (χ2n) is 6.39. The van der Waals surface area contributed by atoms with E-state index in [9.17, 15) is 5.11 Å². The van der Waals surface area contributed by atoms with E-state index in [-0.39, 0.29) is 6.61 Å². The molecule has 6 heteroatoms. The number of rotatable bonds is 7. The van der Waals surface area contributed by atoms with E-state index >= 15 is 0 Å². The third kappa shape index (κ3) is 4.35. The molecular formula is C19H24N4O2. The first-order chi connectivity index (χ1) is 12.0. The number of aryl methyl sites for hydroxylation is 1. The van der Waals surface area contributed by atoms with Crippen LogP contribution in [-0.2, 0) is 13.6 Å². The molecular weight excluding hydrogens is 316 g/mol. The van der Waals surface area contributed by atoms with Gasteiger partial charge >= 0.3 is 0 Å². The highest BCUT2D eigenvalue weighted by atomic mass is 16.5. The minimum Gasteiger partial charge on any atom is -0.491 e. The molecule has 0 amide bonds. The third-order valence-electron chi connectivity index (χ3n) is 4.28. The first-order valence-corrected chi connectivity index (χ1v) is 8.36. The fourth-order valence-electron chi connectivity index (χ4n) is 2.76. The fourth-order valence-corrected chi connectivity index (χ4v) is 2.76. The molecule has 1 unspecified atom stereocenters. The molecule has 0 aliphatic rings. The van der Waals surface area contributed by atoms with Crippen LogP contribution in [0.1, 0.15) is 11.6 Å². The fraction of sp³-hybridized carbons (Fsp3) is 0.368. The van der Waals surface area contributed by atoms with Crippen LogP contribution in [0.4, 0.5) is 0 Å².